The van der Waals surface area contributed by atoms with E-state index in [4.69, 9.17) is 9.52 Å². The first-order valence-corrected chi connectivity index (χ1v) is 7.98. The zero-order valence-corrected chi connectivity index (χ0v) is 17.5. The molecule has 2 aromatic heterocycles. The Balaban J connectivity index is 0.000000285. The van der Waals surface area contributed by atoms with E-state index in [0.717, 1.165) is 22.0 Å². The molecule has 139 valence electrons. The van der Waals surface area contributed by atoms with Crippen molar-refractivity contribution >= 4 is 39.5 Å². The van der Waals surface area contributed by atoms with E-state index in [1.807, 2.05) is 52.9 Å². The van der Waals surface area contributed by atoms with Crippen LogP contribution in [0, 0.1) is 6.07 Å². The molecule has 1 aliphatic heterocycles. The van der Waals surface area contributed by atoms with Crippen LogP contribution in [0.5, 0.6) is 0 Å². The summed E-state index contributed by atoms with van der Waals surface area (Å²) in [5.41, 5.74) is 2.27. The summed E-state index contributed by atoms with van der Waals surface area (Å²) in [7, 11) is 1.93. The van der Waals surface area contributed by atoms with Crippen LogP contribution in [-0.4, -0.2) is 38.1 Å². The largest absolute Gasteiger partial charge is 0.512 e. The van der Waals surface area contributed by atoms with Gasteiger partial charge in [0.05, 0.1) is 11.3 Å². The SMILES string of the molecule is CC(=O)/C=C(/C)O.C[N+]1=C=[N+](c2[c-]ccc3c2oc2ncccc23)C=C1.[Ir]. The minimum Gasteiger partial charge on any atom is -0.512 e. The van der Waals surface area contributed by atoms with Gasteiger partial charge in [0.2, 0.25) is 11.9 Å². The van der Waals surface area contributed by atoms with Crippen LogP contribution in [-0.2, 0) is 24.9 Å². The van der Waals surface area contributed by atoms with Crippen molar-refractivity contribution in [3.63, 3.8) is 0 Å². The predicted molar refractivity (Wildman–Crippen MR) is 97.7 cm³/mol. The number of carbonyl (C=O) groups is 1. The molecule has 0 fully saturated rings. The Labute approximate surface area is 169 Å². The number of furan rings is 1. The molecule has 0 unspecified atom stereocenters. The van der Waals surface area contributed by atoms with Gasteiger partial charge < -0.3 is 9.52 Å². The molecule has 0 aliphatic carbocycles. The van der Waals surface area contributed by atoms with Crippen molar-refractivity contribution in [3.8, 4) is 0 Å². The van der Waals surface area contributed by atoms with Crippen molar-refractivity contribution in [2.24, 2.45) is 0 Å². The Bertz CT molecular complexity index is 1130. The topological polar surface area (TPSA) is 69.3 Å². The van der Waals surface area contributed by atoms with Gasteiger partial charge in [-0.2, -0.15) is 12.1 Å². The number of aliphatic hydroxyl groups is 1. The number of pyridine rings is 1. The van der Waals surface area contributed by atoms with E-state index in [0.29, 0.717) is 5.71 Å². The third-order valence-electron chi connectivity index (χ3n) is 3.55. The summed E-state index contributed by atoms with van der Waals surface area (Å²) < 4.78 is 9.58. The molecule has 0 saturated carbocycles. The monoisotopic (exact) mass is 541 g/mol. The Morgan fingerprint density at radius 1 is 1.30 bits per heavy atom. The number of aromatic nitrogens is 1. The molecule has 1 N–H and O–H groups in total. The maximum Gasteiger partial charge on any atom is 0.493 e. The molecule has 0 atom stereocenters. The first kappa shape index (κ1) is 20.5. The van der Waals surface area contributed by atoms with Gasteiger partial charge in [-0.3, -0.25) is 4.79 Å². The van der Waals surface area contributed by atoms with Crippen LogP contribution in [0.15, 0.2) is 59.1 Å². The normalized spacial score (nSPS) is 12.9. The molecule has 0 amide bonds. The summed E-state index contributed by atoms with van der Waals surface area (Å²) in [6.07, 6.45) is 6.75. The minimum atomic E-state index is -0.125. The second kappa shape index (κ2) is 8.69. The smallest absolute Gasteiger partial charge is 0.493 e. The van der Waals surface area contributed by atoms with E-state index >= 15 is 0 Å². The predicted octanol–water partition coefficient (Wildman–Crippen LogP) is 3.76. The van der Waals surface area contributed by atoms with Crippen LogP contribution in [0.1, 0.15) is 13.8 Å². The molecular formula is C20H18IrN3O3+. The standard InChI is InChI=1S/C15H10N3O.C5H8O2.Ir/c1-17-8-9-18(10-17)13-6-2-4-11-12-5-3-7-16-15(12)19-14(11)13;1-4(6)3-5(2)7;/h2-5,7-9H,1H3;3,6H,1-2H3;/q+1;;/b;4-3-;. The van der Waals surface area contributed by atoms with Gasteiger partial charge in [-0.05, 0) is 26.0 Å². The van der Waals surface area contributed by atoms with Gasteiger partial charge in [-0.15, -0.1) is 6.07 Å². The van der Waals surface area contributed by atoms with Crippen molar-refractivity contribution in [2.45, 2.75) is 13.8 Å². The van der Waals surface area contributed by atoms with E-state index in [-0.39, 0.29) is 31.6 Å². The molecule has 27 heavy (non-hydrogen) atoms. The summed E-state index contributed by atoms with van der Waals surface area (Å²) in [5, 5.41) is 10.4. The van der Waals surface area contributed by atoms with Gasteiger partial charge in [0.15, 0.2) is 18.5 Å². The minimum absolute atomic E-state index is 0. The van der Waals surface area contributed by atoms with E-state index in [1.165, 1.54) is 19.9 Å². The van der Waals surface area contributed by atoms with Crippen LogP contribution in [0.4, 0.5) is 5.69 Å². The van der Waals surface area contributed by atoms with Crippen molar-refractivity contribution in [1.29, 1.82) is 0 Å². The molecule has 0 bridgehead atoms. The zero-order valence-electron chi connectivity index (χ0n) is 15.1. The molecule has 1 aliphatic rings. The third kappa shape index (κ3) is 4.66. The summed E-state index contributed by atoms with van der Waals surface area (Å²) in [4.78, 5) is 14.3. The molecule has 7 heteroatoms. The van der Waals surface area contributed by atoms with Crippen LogP contribution in [0.3, 0.4) is 0 Å². The van der Waals surface area contributed by atoms with Gasteiger partial charge in [0.1, 0.15) is 0 Å². The number of allylic oxidation sites excluding steroid dienone is 2. The average molecular weight is 541 g/mol. The molecular weight excluding hydrogens is 522 g/mol. The third-order valence-corrected chi connectivity index (χ3v) is 3.55. The van der Waals surface area contributed by atoms with Gasteiger partial charge in [0, 0.05) is 37.8 Å². The fraction of sp³-hybridized carbons (Fsp3) is 0.150. The Kier molecular flexibility index (Phi) is 6.59. The van der Waals surface area contributed by atoms with E-state index in [2.05, 4.69) is 17.1 Å². The van der Waals surface area contributed by atoms with Crippen LogP contribution in [0.2, 0.25) is 0 Å². The number of rotatable bonds is 2. The second-order valence-electron chi connectivity index (χ2n) is 5.80. The Morgan fingerprint density at radius 3 is 2.67 bits per heavy atom. The molecule has 4 rings (SSSR count). The van der Waals surface area contributed by atoms with Gasteiger partial charge >= 0.3 is 6.01 Å². The van der Waals surface area contributed by atoms with Crippen molar-refractivity contribution in [3.05, 3.63) is 60.8 Å². The van der Waals surface area contributed by atoms with Crippen LogP contribution in [0.25, 0.3) is 22.1 Å². The summed E-state index contributed by atoms with van der Waals surface area (Å²) in [6, 6.07) is 14.2. The number of hydrogen-bond donors (Lipinski definition) is 1. The molecule has 3 heterocycles. The van der Waals surface area contributed by atoms with Crippen molar-refractivity contribution in [1.82, 2.24) is 4.98 Å². The van der Waals surface area contributed by atoms with E-state index in [9.17, 15) is 4.79 Å². The molecule has 0 saturated heterocycles. The fourth-order valence-corrected chi connectivity index (χ4v) is 2.56. The van der Waals surface area contributed by atoms with Gasteiger partial charge in [-0.25, -0.2) is 4.98 Å². The number of nitrogens with zero attached hydrogens (tertiary/aromatic N) is 3. The summed E-state index contributed by atoms with van der Waals surface area (Å²) in [5.74, 6) is -0.0625. The van der Waals surface area contributed by atoms with Crippen molar-refractivity contribution < 1.29 is 43.6 Å². The second-order valence-corrected chi connectivity index (χ2v) is 5.80. The maximum absolute atomic E-state index is 10.0. The Morgan fingerprint density at radius 2 is 2.07 bits per heavy atom. The molecule has 1 aromatic carbocycles. The fourth-order valence-electron chi connectivity index (χ4n) is 2.56. The first-order chi connectivity index (χ1) is 12.5. The number of ketones is 1. The molecule has 0 spiro atoms. The summed E-state index contributed by atoms with van der Waals surface area (Å²) >= 11 is 0. The Hall–Kier alpha value is -2.85. The van der Waals surface area contributed by atoms with Crippen LogP contribution < -0.4 is 0 Å². The number of fused-ring (bicyclic) bond motifs is 3. The molecule has 6 nitrogen and oxygen atoms in total. The van der Waals surface area contributed by atoms with Gasteiger partial charge in [-0.1, -0.05) is 14.5 Å². The van der Waals surface area contributed by atoms with Crippen LogP contribution >= 0.6 is 0 Å². The van der Waals surface area contributed by atoms with Gasteiger partial charge in [0.25, 0.3) is 6.20 Å². The quantitative estimate of drug-likeness (QED) is 0.233. The van der Waals surface area contributed by atoms with Crippen molar-refractivity contribution in [2.75, 3.05) is 7.05 Å². The first-order valence-electron chi connectivity index (χ1n) is 7.98. The summed E-state index contributed by atoms with van der Waals surface area (Å²) in [6.45, 7) is 2.85. The average Bonchev–Trinajstić information content (AvgIpc) is 3.17. The number of benzene rings is 1. The zero-order chi connectivity index (χ0) is 18.7. The molecule has 1 radical (unpaired) electrons. The maximum atomic E-state index is 10.0. The van der Waals surface area contributed by atoms with E-state index in [1.54, 1.807) is 6.20 Å². The number of carbonyl (C=O) groups excluding carboxylic acids is 1. The molecule has 3 aromatic rings. The number of aliphatic hydroxyl groups excluding tert-OH is 1. The number of hydrogen-bond acceptors (Lipinski definition) is 4. The van der Waals surface area contributed by atoms with E-state index < -0.39 is 0 Å².